The first-order valence-electron chi connectivity index (χ1n) is 10.2. The number of ketones is 1. The number of halogens is 4. The van der Waals surface area contributed by atoms with Crippen molar-refractivity contribution in [2.45, 2.75) is 64.5 Å². The summed E-state index contributed by atoms with van der Waals surface area (Å²) in [7, 11) is 0. The standard InChI is InChI=1S/C21H26Cl2F2N2O3/c1-10-12-4-3-5-14(20(30)21(24)25)13(12)6-7-27(10)17(29)8-15-16(22)9-26-19(11(2)28)18(15)23/h9-10,12-14,20-21,30H,3-8H2,1-2H3/t10-,12+,13+,14+,20-/m0/s1. The number of alkyl halides is 2. The lowest BCUT2D eigenvalue weighted by Crippen LogP contribution is -2.55. The van der Waals surface area contributed by atoms with Gasteiger partial charge in [0.05, 0.1) is 16.5 Å². The van der Waals surface area contributed by atoms with Crippen molar-refractivity contribution in [2.24, 2.45) is 17.8 Å². The SMILES string of the molecule is CC(=O)c1ncc(Cl)c(CC(=O)N2CC[C@H]3[C@H]([C@H](O)C(F)F)CCC[C@@H]3[C@@H]2C)c1Cl. The molecule has 1 aromatic heterocycles. The summed E-state index contributed by atoms with van der Waals surface area (Å²) in [6, 6.07) is -0.143. The lowest BCUT2D eigenvalue weighted by atomic mass is 9.64. The molecule has 1 saturated heterocycles. The van der Waals surface area contributed by atoms with Gasteiger partial charge in [0.25, 0.3) is 6.43 Å². The van der Waals surface area contributed by atoms with E-state index in [0.717, 1.165) is 12.8 Å². The maximum absolute atomic E-state index is 13.1. The number of carbonyl (C=O) groups is 2. The molecule has 9 heteroatoms. The normalized spacial score (nSPS) is 27.7. The Morgan fingerprint density at radius 2 is 1.97 bits per heavy atom. The molecule has 1 saturated carbocycles. The number of aromatic nitrogens is 1. The monoisotopic (exact) mass is 462 g/mol. The Morgan fingerprint density at radius 3 is 2.60 bits per heavy atom. The van der Waals surface area contributed by atoms with Crippen molar-refractivity contribution in [1.82, 2.24) is 9.88 Å². The van der Waals surface area contributed by atoms with Gasteiger partial charge in [-0.05, 0) is 43.9 Å². The lowest BCUT2D eigenvalue weighted by molar-refractivity contribution is -0.141. The fourth-order valence-corrected chi connectivity index (χ4v) is 5.82. The first-order valence-corrected chi connectivity index (χ1v) is 11.0. The Hall–Kier alpha value is -1.31. The highest BCUT2D eigenvalue weighted by Crippen LogP contribution is 2.45. The smallest absolute Gasteiger partial charge is 0.264 e. The number of hydrogen-bond acceptors (Lipinski definition) is 4. The number of Topliss-reactive ketones (excluding diaryl/α,β-unsaturated/α-hetero) is 1. The van der Waals surface area contributed by atoms with E-state index in [1.807, 2.05) is 6.92 Å². The second kappa shape index (κ2) is 9.45. The largest absolute Gasteiger partial charge is 0.387 e. The maximum Gasteiger partial charge on any atom is 0.264 e. The molecule has 0 spiro atoms. The van der Waals surface area contributed by atoms with Crippen LogP contribution in [0.15, 0.2) is 6.20 Å². The van der Waals surface area contributed by atoms with Crippen LogP contribution in [0.4, 0.5) is 8.78 Å². The van der Waals surface area contributed by atoms with Gasteiger partial charge in [0, 0.05) is 31.3 Å². The van der Waals surface area contributed by atoms with E-state index >= 15 is 0 Å². The zero-order valence-electron chi connectivity index (χ0n) is 17.0. The third-order valence-corrected chi connectivity index (χ3v) is 7.47. The topological polar surface area (TPSA) is 70.5 Å². The van der Waals surface area contributed by atoms with Crippen LogP contribution in [-0.2, 0) is 11.2 Å². The van der Waals surface area contributed by atoms with Crippen LogP contribution in [0, 0.1) is 17.8 Å². The van der Waals surface area contributed by atoms with Crippen LogP contribution in [0.5, 0.6) is 0 Å². The highest BCUT2D eigenvalue weighted by molar-refractivity contribution is 6.38. The van der Waals surface area contributed by atoms with Gasteiger partial charge in [-0.2, -0.15) is 0 Å². The van der Waals surface area contributed by atoms with Gasteiger partial charge in [-0.15, -0.1) is 0 Å². The Labute approximate surface area is 184 Å². The number of amides is 1. The number of nitrogens with zero attached hydrogens (tertiary/aromatic N) is 2. The van der Waals surface area contributed by atoms with Gasteiger partial charge in [0.15, 0.2) is 5.78 Å². The van der Waals surface area contributed by atoms with Crippen LogP contribution in [0.1, 0.15) is 55.6 Å². The minimum absolute atomic E-state index is 0.0285. The number of aliphatic hydroxyl groups excluding tert-OH is 1. The molecule has 30 heavy (non-hydrogen) atoms. The van der Waals surface area contributed by atoms with Crippen LogP contribution in [0.25, 0.3) is 0 Å². The number of likely N-dealkylation sites (tertiary alicyclic amines) is 1. The molecule has 2 aliphatic rings. The number of fused-ring (bicyclic) bond motifs is 1. The van der Waals surface area contributed by atoms with Gasteiger partial charge in [-0.25, -0.2) is 13.8 Å². The van der Waals surface area contributed by atoms with Crippen LogP contribution in [-0.4, -0.2) is 51.8 Å². The zero-order valence-corrected chi connectivity index (χ0v) is 18.5. The second-order valence-electron chi connectivity index (χ2n) is 8.34. The van der Waals surface area contributed by atoms with Crippen LogP contribution in [0.2, 0.25) is 10.0 Å². The summed E-state index contributed by atoms with van der Waals surface area (Å²) in [6.45, 7) is 3.70. The molecule has 1 N–H and O–H groups in total. The van der Waals surface area contributed by atoms with Gasteiger partial charge in [-0.3, -0.25) is 9.59 Å². The molecule has 0 radical (unpaired) electrons. The third kappa shape index (κ3) is 4.48. The fourth-order valence-electron chi connectivity index (χ4n) is 5.21. The summed E-state index contributed by atoms with van der Waals surface area (Å²) in [5.74, 6) is -0.900. The Kier molecular flexibility index (Phi) is 7.36. The molecule has 2 fully saturated rings. The zero-order chi connectivity index (χ0) is 22.2. The third-order valence-electron chi connectivity index (χ3n) is 6.74. The first kappa shape index (κ1) is 23.4. The van der Waals surface area contributed by atoms with E-state index < -0.39 is 18.4 Å². The first-order chi connectivity index (χ1) is 14.1. The maximum atomic E-state index is 13.1. The summed E-state index contributed by atoms with van der Waals surface area (Å²) in [6.07, 6.45) is -0.360. The minimum Gasteiger partial charge on any atom is -0.387 e. The summed E-state index contributed by atoms with van der Waals surface area (Å²) in [4.78, 5) is 30.5. The number of aliphatic hydroxyl groups is 1. The number of piperidine rings is 1. The van der Waals surface area contributed by atoms with Crippen molar-refractivity contribution in [3.8, 4) is 0 Å². The fraction of sp³-hybridized carbons (Fsp3) is 0.667. The van der Waals surface area contributed by atoms with E-state index in [9.17, 15) is 23.5 Å². The highest BCUT2D eigenvalue weighted by Gasteiger charge is 2.46. The van der Waals surface area contributed by atoms with E-state index in [-0.39, 0.29) is 51.7 Å². The molecule has 1 aromatic rings. The summed E-state index contributed by atoms with van der Waals surface area (Å²) in [5.41, 5.74) is 0.444. The lowest BCUT2D eigenvalue weighted by Gasteiger charge is -2.50. The van der Waals surface area contributed by atoms with E-state index in [4.69, 9.17) is 23.2 Å². The molecule has 166 valence electrons. The average Bonchev–Trinajstić information content (AvgIpc) is 2.70. The van der Waals surface area contributed by atoms with Crippen molar-refractivity contribution < 1.29 is 23.5 Å². The molecule has 2 heterocycles. The predicted octanol–water partition coefficient (Wildman–Crippen LogP) is 4.41. The van der Waals surface area contributed by atoms with Gasteiger partial charge < -0.3 is 10.0 Å². The molecule has 5 nitrogen and oxygen atoms in total. The van der Waals surface area contributed by atoms with Crippen LogP contribution < -0.4 is 0 Å². The average molecular weight is 463 g/mol. The highest BCUT2D eigenvalue weighted by atomic mass is 35.5. The Bertz CT molecular complexity index is 824. The molecule has 0 aromatic carbocycles. The van der Waals surface area contributed by atoms with Crippen molar-refractivity contribution in [2.75, 3.05) is 6.54 Å². The summed E-state index contributed by atoms with van der Waals surface area (Å²) < 4.78 is 26.2. The molecule has 5 atom stereocenters. The van der Waals surface area contributed by atoms with E-state index in [2.05, 4.69) is 4.98 Å². The molecule has 3 rings (SSSR count). The molecule has 1 amide bonds. The van der Waals surface area contributed by atoms with Crippen LogP contribution in [0.3, 0.4) is 0 Å². The van der Waals surface area contributed by atoms with E-state index in [0.29, 0.717) is 24.9 Å². The molecule has 1 aliphatic carbocycles. The predicted molar refractivity (Wildman–Crippen MR) is 110 cm³/mol. The second-order valence-corrected chi connectivity index (χ2v) is 9.13. The molecular formula is C21H26Cl2F2N2O3. The van der Waals surface area contributed by atoms with Crippen molar-refractivity contribution in [3.05, 3.63) is 27.5 Å². The van der Waals surface area contributed by atoms with E-state index in [1.165, 1.54) is 13.1 Å². The molecule has 0 unspecified atom stereocenters. The van der Waals surface area contributed by atoms with Gasteiger partial charge in [0.1, 0.15) is 11.8 Å². The van der Waals surface area contributed by atoms with Gasteiger partial charge >= 0.3 is 0 Å². The number of pyridine rings is 1. The van der Waals surface area contributed by atoms with Gasteiger partial charge in [0.2, 0.25) is 5.91 Å². The van der Waals surface area contributed by atoms with Crippen molar-refractivity contribution in [1.29, 1.82) is 0 Å². The van der Waals surface area contributed by atoms with Crippen molar-refractivity contribution >= 4 is 34.9 Å². The number of carbonyl (C=O) groups excluding carboxylic acids is 2. The van der Waals surface area contributed by atoms with E-state index in [1.54, 1.807) is 4.90 Å². The Morgan fingerprint density at radius 1 is 1.27 bits per heavy atom. The summed E-state index contributed by atoms with van der Waals surface area (Å²) >= 11 is 12.5. The van der Waals surface area contributed by atoms with Crippen LogP contribution >= 0.6 is 23.2 Å². The number of rotatable bonds is 5. The summed E-state index contributed by atoms with van der Waals surface area (Å²) in [5, 5.41) is 10.3. The molecule has 0 bridgehead atoms. The van der Waals surface area contributed by atoms with Crippen molar-refractivity contribution in [3.63, 3.8) is 0 Å². The van der Waals surface area contributed by atoms with Gasteiger partial charge in [-0.1, -0.05) is 29.6 Å². The minimum atomic E-state index is -2.75. The quantitative estimate of drug-likeness (QED) is 0.657. The molecular weight excluding hydrogens is 437 g/mol. The number of hydrogen-bond donors (Lipinski definition) is 1. The Balaban J connectivity index is 1.77. The molecule has 1 aliphatic heterocycles.